The summed E-state index contributed by atoms with van der Waals surface area (Å²) in [6.45, 7) is 5.57. The molecule has 0 aromatic heterocycles. The van der Waals surface area contributed by atoms with Crippen LogP contribution in [0.3, 0.4) is 0 Å². The first-order chi connectivity index (χ1) is 11.2. The van der Waals surface area contributed by atoms with Crippen molar-refractivity contribution >= 4 is 35.3 Å². The van der Waals surface area contributed by atoms with Crippen LogP contribution in [0.25, 0.3) is 0 Å². The molecule has 1 N–H and O–H groups in total. The summed E-state index contributed by atoms with van der Waals surface area (Å²) in [5.74, 6) is -0.108. The van der Waals surface area contributed by atoms with Gasteiger partial charge in [0, 0.05) is 6.54 Å². The van der Waals surface area contributed by atoms with Crippen molar-refractivity contribution in [1.29, 1.82) is 0 Å². The van der Waals surface area contributed by atoms with Crippen LogP contribution >= 0.6 is 23.2 Å². The van der Waals surface area contributed by atoms with E-state index in [2.05, 4.69) is 5.32 Å². The zero-order chi connectivity index (χ0) is 18.2. The third-order valence-corrected chi connectivity index (χ3v) is 3.10. The highest BCUT2D eigenvalue weighted by Gasteiger charge is 2.16. The Morgan fingerprint density at radius 2 is 1.75 bits per heavy atom. The number of carbonyl (C=O) groups is 2. The fourth-order valence-electron chi connectivity index (χ4n) is 1.57. The summed E-state index contributed by atoms with van der Waals surface area (Å²) in [6.07, 6.45) is -0.543. The van der Waals surface area contributed by atoms with E-state index in [-0.39, 0.29) is 26.2 Å². The molecule has 0 saturated heterocycles. The Morgan fingerprint density at radius 3 is 2.33 bits per heavy atom. The lowest BCUT2D eigenvalue weighted by Gasteiger charge is -2.19. The second-order valence-corrected chi connectivity index (χ2v) is 6.61. The van der Waals surface area contributed by atoms with Crippen LogP contribution in [-0.4, -0.2) is 37.4 Å². The number of carbonyl (C=O) groups excluding carboxylic acids is 2. The lowest BCUT2D eigenvalue weighted by atomic mass is 10.2. The number of esters is 1. The van der Waals surface area contributed by atoms with Crippen LogP contribution in [0.15, 0.2) is 18.2 Å². The molecule has 0 saturated carbocycles. The number of para-hydroxylation sites is 1. The topological polar surface area (TPSA) is 73.9 Å². The third kappa shape index (κ3) is 8.26. The van der Waals surface area contributed by atoms with Crippen molar-refractivity contribution in [2.75, 3.05) is 19.8 Å². The number of halogens is 2. The molecule has 1 rings (SSSR count). The summed E-state index contributed by atoms with van der Waals surface area (Å²) < 4.78 is 15.4. The van der Waals surface area contributed by atoms with Gasteiger partial charge in [-0.3, -0.25) is 4.79 Å². The summed E-state index contributed by atoms with van der Waals surface area (Å²) in [7, 11) is 0. The van der Waals surface area contributed by atoms with Crippen molar-refractivity contribution in [1.82, 2.24) is 5.32 Å². The van der Waals surface area contributed by atoms with Gasteiger partial charge in [-0.2, -0.15) is 0 Å². The molecule has 8 heteroatoms. The molecule has 134 valence electrons. The second kappa shape index (κ2) is 9.59. The van der Waals surface area contributed by atoms with E-state index >= 15 is 0 Å². The van der Waals surface area contributed by atoms with Gasteiger partial charge < -0.3 is 19.5 Å². The molecule has 0 spiro atoms. The second-order valence-electron chi connectivity index (χ2n) is 5.80. The van der Waals surface area contributed by atoms with Gasteiger partial charge in [0.15, 0.2) is 5.75 Å². The smallest absolute Gasteiger partial charge is 0.407 e. The van der Waals surface area contributed by atoms with E-state index in [1.807, 2.05) is 0 Å². The number of amides is 1. The Kier molecular flexibility index (Phi) is 8.15. The van der Waals surface area contributed by atoms with Gasteiger partial charge >= 0.3 is 12.1 Å². The molecule has 6 nitrogen and oxygen atoms in total. The van der Waals surface area contributed by atoms with Crippen molar-refractivity contribution < 1.29 is 23.8 Å². The first kappa shape index (κ1) is 20.4. The van der Waals surface area contributed by atoms with Crippen molar-refractivity contribution in [3.8, 4) is 5.75 Å². The van der Waals surface area contributed by atoms with E-state index in [1.54, 1.807) is 39.0 Å². The minimum atomic E-state index is -0.581. The van der Waals surface area contributed by atoms with Crippen LogP contribution in [0.2, 0.25) is 10.0 Å². The Labute approximate surface area is 151 Å². The van der Waals surface area contributed by atoms with E-state index in [9.17, 15) is 9.59 Å². The largest absolute Gasteiger partial charge is 0.487 e. The van der Waals surface area contributed by atoms with E-state index in [0.717, 1.165) is 0 Å². The van der Waals surface area contributed by atoms with Gasteiger partial charge in [-0.1, -0.05) is 29.3 Å². The number of nitrogens with one attached hydrogen (secondary N) is 1. The molecule has 0 radical (unpaired) electrons. The van der Waals surface area contributed by atoms with Gasteiger partial charge in [0.05, 0.1) is 16.5 Å². The van der Waals surface area contributed by atoms with E-state index in [1.165, 1.54) is 0 Å². The number of rotatable bonds is 7. The molecular formula is C16H21Cl2NO5. The Bertz CT molecular complexity index is 552. The molecule has 1 aromatic rings. The first-order valence-electron chi connectivity index (χ1n) is 7.38. The summed E-state index contributed by atoms with van der Waals surface area (Å²) >= 11 is 11.9. The minimum Gasteiger partial charge on any atom is -0.487 e. The van der Waals surface area contributed by atoms with Crippen LogP contribution in [-0.2, 0) is 14.3 Å². The summed E-state index contributed by atoms with van der Waals surface area (Å²) in [5, 5.41) is 3.24. The molecule has 0 fully saturated rings. The summed E-state index contributed by atoms with van der Waals surface area (Å²) in [6, 6.07) is 5.00. The van der Waals surface area contributed by atoms with Crippen molar-refractivity contribution in [2.24, 2.45) is 0 Å². The Hall–Kier alpha value is -1.66. The number of benzene rings is 1. The molecule has 0 aliphatic rings. The van der Waals surface area contributed by atoms with Crippen molar-refractivity contribution in [3.05, 3.63) is 28.2 Å². The Morgan fingerprint density at radius 1 is 1.12 bits per heavy atom. The van der Waals surface area contributed by atoms with Gasteiger partial charge in [-0.05, 0) is 32.9 Å². The summed E-state index contributed by atoms with van der Waals surface area (Å²) in [4.78, 5) is 22.9. The maximum Gasteiger partial charge on any atom is 0.407 e. The van der Waals surface area contributed by atoms with Crippen molar-refractivity contribution in [2.45, 2.75) is 32.8 Å². The normalized spacial score (nSPS) is 10.9. The molecule has 0 heterocycles. The molecule has 1 amide bonds. The summed E-state index contributed by atoms with van der Waals surface area (Å²) in [5.41, 5.74) is -0.581. The lowest BCUT2D eigenvalue weighted by Crippen LogP contribution is -2.33. The highest BCUT2D eigenvalue weighted by Crippen LogP contribution is 2.32. The fraction of sp³-hybridized carbons (Fsp3) is 0.500. The zero-order valence-electron chi connectivity index (χ0n) is 13.9. The number of hydrogen-bond donors (Lipinski definition) is 1. The predicted octanol–water partition coefficient (Wildman–Crippen LogP) is 3.83. The molecule has 0 aliphatic carbocycles. The minimum absolute atomic E-state index is 0.0338. The average Bonchev–Trinajstić information content (AvgIpc) is 2.44. The predicted molar refractivity (Wildman–Crippen MR) is 91.8 cm³/mol. The Balaban J connectivity index is 2.17. The molecule has 1 aromatic carbocycles. The highest BCUT2D eigenvalue weighted by atomic mass is 35.5. The van der Waals surface area contributed by atoms with E-state index in [4.69, 9.17) is 37.4 Å². The molecule has 0 unspecified atom stereocenters. The molecule has 0 bridgehead atoms. The quantitative estimate of drug-likeness (QED) is 0.577. The van der Waals surface area contributed by atoms with Crippen LogP contribution in [0, 0.1) is 0 Å². The fourth-order valence-corrected chi connectivity index (χ4v) is 2.08. The average molecular weight is 378 g/mol. The standard InChI is InChI=1S/C16H21Cl2NO5/c1-16(2,3)24-15(21)19-8-7-13(20)22-9-10-23-14-11(17)5-4-6-12(14)18/h4-6H,7-10H2,1-3H3,(H,19,21). The van der Waals surface area contributed by atoms with E-state index < -0.39 is 17.7 Å². The van der Waals surface area contributed by atoms with Gasteiger partial charge in [-0.25, -0.2) is 4.79 Å². The van der Waals surface area contributed by atoms with Gasteiger partial charge in [0.1, 0.15) is 18.8 Å². The number of hydrogen-bond acceptors (Lipinski definition) is 5. The third-order valence-electron chi connectivity index (χ3n) is 2.51. The maximum atomic E-state index is 11.5. The number of alkyl carbamates (subject to hydrolysis) is 1. The zero-order valence-corrected chi connectivity index (χ0v) is 15.4. The SMILES string of the molecule is CC(C)(C)OC(=O)NCCC(=O)OCCOc1c(Cl)cccc1Cl. The van der Waals surface area contributed by atoms with Gasteiger partial charge in [0.2, 0.25) is 0 Å². The van der Waals surface area contributed by atoms with Crippen LogP contribution in [0.4, 0.5) is 4.79 Å². The van der Waals surface area contributed by atoms with Crippen LogP contribution in [0.5, 0.6) is 5.75 Å². The molecular weight excluding hydrogens is 357 g/mol. The first-order valence-corrected chi connectivity index (χ1v) is 8.14. The van der Waals surface area contributed by atoms with Crippen LogP contribution < -0.4 is 10.1 Å². The van der Waals surface area contributed by atoms with Crippen LogP contribution in [0.1, 0.15) is 27.2 Å². The lowest BCUT2D eigenvalue weighted by molar-refractivity contribution is -0.144. The number of ether oxygens (including phenoxy) is 3. The molecule has 0 aliphatic heterocycles. The van der Waals surface area contributed by atoms with E-state index in [0.29, 0.717) is 15.8 Å². The van der Waals surface area contributed by atoms with Crippen molar-refractivity contribution in [3.63, 3.8) is 0 Å². The van der Waals surface area contributed by atoms with Gasteiger partial charge in [-0.15, -0.1) is 0 Å². The maximum absolute atomic E-state index is 11.5. The highest BCUT2D eigenvalue weighted by molar-refractivity contribution is 6.37. The molecule has 24 heavy (non-hydrogen) atoms. The monoisotopic (exact) mass is 377 g/mol. The molecule has 0 atom stereocenters. The van der Waals surface area contributed by atoms with Gasteiger partial charge in [0.25, 0.3) is 0 Å².